The number of hydrazine groups is 1. The molecule has 4 nitrogen and oxygen atoms in total. The molecule has 106 valence electrons. The van der Waals surface area contributed by atoms with Gasteiger partial charge in [-0.25, -0.2) is 5.43 Å². The van der Waals surface area contributed by atoms with Gasteiger partial charge in [0.15, 0.2) is 0 Å². The predicted molar refractivity (Wildman–Crippen MR) is 77.3 cm³/mol. The van der Waals surface area contributed by atoms with Gasteiger partial charge in [-0.15, -0.1) is 0 Å². The molecular formula is C15H24N2O2. The Kier molecular flexibility index (Phi) is 5.83. The molecule has 0 heterocycles. The SMILES string of the molecule is CNNC(=O)CCCc1c(C)cc(OC)c(C)c1C. The van der Waals surface area contributed by atoms with Gasteiger partial charge in [0.2, 0.25) is 5.91 Å². The van der Waals surface area contributed by atoms with Gasteiger partial charge in [-0.05, 0) is 61.9 Å². The van der Waals surface area contributed by atoms with Gasteiger partial charge in [0.05, 0.1) is 7.11 Å². The molecule has 0 saturated heterocycles. The lowest BCUT2D eigenvalue weighted by Crippen LogP contribution is -2.33. The average Bonchev–Trinajstić information content (AvgIpc) is 2.38. The largest absolute Gasteiger partial charge is 0.496 e. The van der Waals surface area contributed by atoms with Crippen LogP contribution in [-0.2, 0) is 11.2 Å². The van der Waals surface area contributed by atoms with Crippen molar-refractivity contribution < 1.29 is 9.53 Å². The molecule has 19 heavy (non-hydrogen) atoms. The van der Waals surface area contributed by atoms with Crippen molar-refractivity contribution in [2.24, 2.45) is 0 Å². The average molecular weight is 264 g/mol. The van der Waals surface area contributed by atoms with Gasteiger partial charge in [-0.1, -0.05) is 0 Å². The Balaban J connectivity index is 2.74. The summed E-state index contributed by atoms with van der Waals surface area (Å²) < 4.78 is 5.36. The molecule has 0 atom stereocenters. The van der Waals surface area contributed by atoms with Crippen LogP contribution in [0.3, 0.4) is 0 Å². The second-order valence-electron chi connectivity index (χ2n) is 4.78. The van der Waals surface area contributed by atoms with Crippen molar-refractivity contribution >= 4 is 5.91 Å². The minimum absolute atomic E-state index is 0.0306. The fraction of sp³-hybridized carbons (Fsp3) is 0.533. The van der Waals surface area contributed by atoms with Gasteiger partial charge in [0, 0.05) is 13.5 Å². The summed E-state index contributed by atoms with van der Waals surface area (Å²) in [5.41, 5.74) is 10.2. The third kappa shape index (κ3) is 3.96. The van der Waals surface area contributed by atoms with E-state index in [9.17, 15) is 4.79 Å². The van der Waals surface area contributed by atoms with Gasteiger partial charge >= 0.3 is 0 Å². The Bertz CT molecular complexity index is 456. The topological polar surface area (TPSA) is 50.4 Å². The highest BCUT2D eigenvalue weighted by atomic mass is 16.5. The molecule has 0 bridgehead atoms. The minimum Gasteiger partial charge on any atom is -0.496 e. The van der Waals surface area contributed by atoms with Crippen LogP contribution in [0.4, 0.5) is 0 Å². The van der Waals surface area contributed by atoms with Crippen LogP contribution >= 0.6 is 0 Å². The van der Waals surface area contributed by atoms with Crippen LogP contribution in [0.15, 0.2) is 6.07 Å². The number of rotatable bonds is 6. The zero-order chi connectivity index (χ0) is 14.4. The Hall–Kier alpha value is -1.55. The van der Waals surface area contributed by atoms with E-state index in [2.05, 4.69) is 37.7 Å². The van der Waals surface area contributed by atoms with Crippen LogP contribution in [0.1, 0.15) is 35.1 Å². The summed E-state index contributed by atoms with van der Waals surface area (Å²) >= 11 is 0. The maximum atomic E-state index is 11.4. The van der Waals surface area contributed by atoms with Crippen LogP contribution in [0.2, 0.25) is 0 Å². The quantitative estimate of drug-likeness (QED) is 0.774. The molecule has 0 saturated carbocycles. The molecule has 1 aromatic rings. The molecule has 0 aliphatic heterocycles. The smallest absolute Gasteiger partial charge is 0.234 e. The van der Waals surface area contributed by atoms with Gasteiger partial charge < -0.3 is 4.74 Å². The Labute approximate surface area is 115 Å². The van der Waals surface area contributed by atoms with Crippen molar-refractivity contribution in [3.8, 4) is 5.75 Å². The number of carbonyl (C=O) groups is 1. The summed E-state index contributed by atoms with van der Waals surface area (Å²) in [6.45, 7) is 6.29. The van der Waals surface area contributed by atoms with E-state index in [0.717, 1.165) is 18.6 Å². The highest BCUT2D eigenvalue weighted by Gasteiger charge is 2.11. The molecule has 4 heteroatoms. The number of amides is 1. The maximum absolute atomic E-state index is 11.4. The number of hydrogen-bond donors (Lipinski definition) is 2. The van der Waals surface area contributed by atoms with Gasteiger partial charge in [0.1, 0.15) is 5.75 Å². The summed E-state index contributed by atoms with van der Waals surface area (Å²) in [6, 6.07) is 2.07. The fourth-order valence-electron chi connectivity index (χ4n) is 2.32. The number of carbonyl (C=O) groups excluding carboxylic acids is 1. The first-order valence-corrected chi connectivity index (χ1v) is 6.60. The van der Waals surface area contributed by atoms with Crippen LogP contribution in [0.5, 0.6) is 5.75 Å². The van der Waals surface area contributed by atoms with Crippen molar-refractivity contribution in [3.63, 3.8) is 0 Å². The summed E-state index contributed by atoms with van der Waals surface area (Å²) in [5.74, 6) is 0.967. The van der Waals surface area contributed by atoms with Crippen molar-refractivity contribution in [2.75, 3.05) is 14.2 Å². The second kappa shape index (κ2) is 7.14. The van der Waals surface area contributed by atoms with E-state index in [-0.39, 0.29) is 5.91 Å². The molecular weight excluding hydrogens is 240 g/mol. The van der Waals surface area contributed by atoms with Gasteiger partial charge in [-0.2, -0.15) is 0 Å². The fourth-order valence-corrected chi connectivity index (χ4v) is 2.32. The number of methoxy groups -OCH3 is 1. The maximum Gasteiger partial charge on any atom is 0.234 e. The van der Waals surface area contributed by atoms with Crippen molar-refractivity contribution in [1.82, 2.24) is 10.9 Å². The molecule has 2 N–H and O–H groups in total. The zero-order valence-corrected chi connectivity index (χ0v) is 12.5. The van der Waals surface area contributed by atoms with Crippen molar-refractivity contribution in [1.29, 1.82) is 0 Å². The van der Waals surface area contributed by atoms with Gasteiger partial charge in [0.25, 0.3) is 0 Å². The zero-order valence-electron chi connectivity index (χ0n) is 12.5. The summed E-state index contributed by atoms with van der Waals surface area (Å²) in [6.07, 6.45) is 2.30. The Morgan fingerprint density at radius 2 is 1.95 bits per heavy atom. The lowest BCUT2D eigenvalue weighted by Gasteiger charge is -2.16. The number of benzene rings is 1. The highest BCUT2D eigenvalue weighted by molar-refractivity contribution is 5.75. The molecule has 1 aromatic carbocycles. The van der Waals surface area contributed by atoms with Crippen LogP contribution < -0.4 is 15.6 Å². The van der Waals surface area contributed by atoms with E-state index in [1.54, 1.807) is 14.2 Å². The van der Waals surface area contributed by atoms with Crippen molar-refractivity contribution in [2.45, 2.75) is 40.0 Å². The molecule has 0 unspecified atom stereocenters. The molecule has 0 aromatic heterocycles. The number of aryl methyl sites for hydroxylation is 1. The number of ether oxygens (including phenoxy) is 1. The molecule has 0 spiro atoms. The first-order valence-electron chi connectivity index (χ1n) is 6.60. The van der Waals surface area contributed by atoms with Crippen molar-refractivity contribution in [3.05, 3.63) is 28.3 Å². The molecule has 0 fully saturated rings. The van der Waals surface area contributed by atoms with E-state index in [0.29, 0.717) is 6.42 Å². The van der Waals surface area contributed by atoms with Crippen LogP contribution in [-0.4, -0.2) is 20.1 Å². The minimum atomic E-state index is 0.0306. The molecule has 1 amide bonds. The molecule has 0 aliphatic carbocycles. The first kappa shape index (κ1) is 15.5. The lowest BCUT2D eigenvalue weighted by atomic mass is 9.93. The predicted octanol–water partition coefficient (Wildman–Crippen LogP) is 2.19. The Morgan fingerprint density at radius 1 is 1.26 bits per heavy atom. The summed E-state index contributed by atoms with van der Waals surface area (Å²) in [5, 5.41) is 0. The lowest BCUT2D eigenvalue weighted by molar-refractivity contribution is -0.122. The molecule has 1 rings (SSSR count). The Morgan fingerprint density at radius 3 is 2.53 bits per heavy atom. The highest BCUT2D eigenvalue weighted by Crippen LogP contribution is 2.28. The van der Waals surface area contributed by atoms with Gasteiger partial charge in [-0.3, -0.25) is 10.2 Å². The standard InChI is InChI=1S/C15H24N2O2/c1-10-9-14(19-5)12(3)11(2)13(10)7-6-8-15(18)17-16-4/h9,16H,6-8H2,1-5H3,(H,17,18). The number of hydrogen-bond acceptors (Lipinski definition) is 3. The third-order valence-corrected chi connectivity index (χ3v) is 3.52. The monoisotopic (exact) mass is 264 g/mol. The van der Waals surface area contributed by atoms with Crippen LogP contribution in [0.25, 0.3) is 0 Å². The third-order valence-electron chi connectivity index (χ3n) is 3.52. The van der Waals surface area contributed by atoms with E-state index < -0.39 is 0 Å². The number of nitrogens with one attached hydrogen (secondary N) is 2. The summed E-state index contributed by atoms with van der Waals surface area (Å²) in [4.78, 5) is 11.4. The van der Waals surface area contributed by atoms with E-state index >= 15 is 0 Å². The molecule has 0 aliphatic rings. The summed E-state index contributed by atoms with van der Waals surface area (Å²) in [7, 11) is 3.39. The van der Waals surface area contributed by atoms with E-state index in [4.69, 9.17) is 4.74 Å². The molecule has 0 radical (unpaired) electrons. The van der Waals surface area contributed by atoms with Crippen LogP contribution in [0, 0.1) is 20.8 Å². The van der Waals surface area contributed by atoms with E-state index in [1.165, 1.54) is 22.3 Å². The van der Waals surface area contributed by atoms with E-state index in [1.807, 2.05) is 0 Å². The normalized spacial score (nSPS) is 10.4. The first-order chi connectivity index (χ1) is 9.01. The second-order valence-corrected chi connectivity index (χ2v) is 4.78.